The van der Waals surface area contributed by atoms with E-state index in [-0.39, 0.29) is 30.1 Å². The molecule has 2 saturated heterocycles. The number of para-hydroxylation sites is 1. The van der Waals surface area contributed by atoms with Crippen molar-refractivity contribution >= 4 is 17.6 Å². The average Bonchev–Trinajstić information content (AvgIpc) is 3.66. The lowest BCUT2D eigenvalue weighted by Gasteiger charge is -2.39. The van der Waals surface area contributed by atoms with Crippen LogP contribution in [0.3, 0.4) is 0 Å². The van der Waals surface area contributed by atoms with Gasteiger partial charge in [-0.15, -0.1) is 0 Å². The first kappa shape index (κ1) is 23.1. The van der Waals surface area contributed by atoms with Gasteiger partial charge in [-0.3, -0.25) is 14.5 Å². The Morgan fingerprint density at radius 1 is 1.00 bits per heavy atom. The Bertz CT molecular complexity index is 749. The second-order valence-electron chi connectivity index (χ2n) is 9.53. The summed E-state index contributed by atoms with van der Waals surface area (Å²) in [6, 6.07) is 10.5. The number of carbonyl (C=O) groups excluding carboxylic acids is 1. The minimum Gasteiger partial charge on any atom is -0.481 e. The van der Waals surface area contributed by atoms with E-state index in [0.717, 1.165) is 71.6 Å². The monoisotopic (exact) mass is 443 g/mol. The molecule has 0 radical (unpaired) electrons. The number of piperidine rings is 1. The molecule has 1 aromatic carbocycles. The van der Waals surface area contributed by atoms with E-state index in [9.17, 15) is 14.7 Å². The zero-order chi connectivity index (χ0) is 22.3. The number of carboxylic acids is 1. The number of anilines is 1. The van der Waals surface area contributed by atoms with E-state index in [1.54, 1.807) is 0 Å². The second kappa shape index (κ2) is 11.1. The van der Waals surface area contributed by atoms with Gasteiger partial charge in [0.05, 0.1) is 13.2 Å². The Morgan fingerprint density at radius 3 is 2.44 bits per heavy atom. The summed E-state index contributed by atoms with van der Waals surface area (Å²) in [7, 11) is 0. The summed E-state index contributed by atoms with van der Waals surface area (Å²) in [5, 5.41) is 9.43. The Balaban J connectivity index is 1.39. The fourth-order valence-corrected chi connectivity index (χ4v) is 5.11. The van der Waals surface area contributed by atoms with Crippen LogP contribution in [0, 0.1) is 17.8 Å². The largest absolute Gasteiger partial charge is 0.481 e. The Morgan fingerprint density at radius 2 is 1.75 bits per heavy atom. The Labute approximate surface area is 191 Å². The molecule has 3 fully saturated rings. The van der Waals surface area contributed by atoms with Gasteiger partial charge < -0.3 is 19.6 Å². The van der Waals surface area contributed by atoms with Gasteiger partial charge in [-0.1, -0.05) is 18.2 Å². The first-order chi connectivity index (χ1) is 15.6. The highest BCUT2D eigenvalue weighted by molar-refractivity contribution is 5.81. The fraction of sp³-hybridized carbons (Fsp3) is 0.680. The molecule has 32 heavy (non-hydrogen) atoms. The molecule has 2 aliphatic heterocycles. The Kier molecular flexibility index (Phi) is 8.03. The molecule has 1 aliphatic carbocycles. The molecule has 1 N–H and O–H groups in total. The van der Waals surface area contributed by atoms with Crippen LogP contribution in [0.5, 0.6) is 0 Å². The fourth-order valence-electron chi connectivity index (χ4n) is 5.11. The summed E-state index contributed by atoms with van der Waals surface area (Å²) in [5.74, 6) is 0.163. The molecule has 176 valence electrons. The molecule has 1 aromatic rings. The number of likely N-dealkylation sites (tertiary alicyclic amines) is 1. The predicted octanol–water partition coefficient (Wildman–Crippen LogP) is 2.56. The molecule has 1 amide bonds. The van der Waals surface area contributed by atoms with Crippen LogP contribution >= 0.6 is 0 Å². The molecule has 2 heterocycles. The standard InChI is InChI=1S/C25H37N3O4/c29-24(30)18-21-8-11-28(25(31)20-6-7-20)19-22(21)9-10-27(23-4-2-1-3-5-23)13-12-26-14-16-32-17-15-26/h1-5,20-22H,6-19H2,(H,29,30)/t21-,22+/m0/s1. The number of aliphatic carboxylic acids is 1. The lowest BCUT2D eigenvalue weighted by Crippen LogP contribution is -2.46. The van der Waals surface area contributed by atoms with Crippen LogP contribution in [0.2, 0.25) is 0 Å². The minimum atomic E-state index is -0.728. The van der Waals surface area contributed by atoms with Crippen molar-refractivity contribution in [2.45, 2.75) is 32.1 Å². The van der Waals surface area contributed by atoms with Crippen molar-refractivity contribution < 1.29 is 19.4 Å². The maximum atomic E-state index is 12.7. The maximum absolute atomic E-state index is 12.7. The van der Waals surface area contributed by atoms with Crippen molar-refractivity contribution in [1.82, 2.24) is 9.80 Å². The quantitative estimate of drug-likeness (QED) is 0.599. The van der Waals surface area contributed by atoms with E-state index >= 15 is 0 Å². The normalized spacial score (nSPS) is 24.3. The number of hydrogen-bond donors (Lipinski definition) is 1. The summed E-state index contributed by atoms with van der Waals surface area (Å²) in [6.45, 7) is 7.78. The van der Waals surface area contributed by atoms with Crippen LogP contribution in [0.4, 0.5) is 5.69 Å². The molecule has 7 nitrogen and oxygen atoms in total. The van der Waals surface area contributed by atoms with E-state index in [1.807, 2.05) is 11.0 Å². The van der Waals surface area contributed by atoms with Gasteiger partial charge in [0.1, 0.15) is 0 Å². The SMILES string of the molecule is O=C(O)C[C@@H]1CCN(C(=O)C2CC2)C[C@H]1CCN(CCN1CCOCC1)c1ccccc1. The minimum absolute atomic E-state index is 0.146. The number of ether oxygens (including phenoxy) is 1. The summed E-state index contributed by atoms with van der Waals surface area (Å²) in [6.07, 6.45) is 3.94. The van der Waals surface area contributed by atoms with Gasteiger partial charge in [-0.05, 0) is 49.7 Å². The third kappa shape index (κ3) is 6.45. The highest BCUT2D eigenvalue weighted by Gasteiger charge is 2.38. The van der Waals surface area contributed by atoms with Crippen LogP contribution in [0.1, 0.15) is 32.1 Å². The highest BCUT2D eigenvalue weighted by atomic mass is 16.5. The van der Waals surface area contributed by atoms with Crippen molar-refractivity contribution in [3.05, 3.63) is 30.3 Å². The maximum Gasteiger partial charge on any atom is 0.303 e. The van der Waals surface area contributed by atoms with Gasteiger partial charge in [0.2, 0.25) is 5.91 Å². The van der Waals surface area contributed by atoms with Crippen LogP contribution in [-0.2, 0) is 14.3 Å². The average molecular weight is 444 g/mol. The third-order valence-electron chi connectivity index (χ3n) is 7.25. The smallest absolute Gasteiger partial charge is 0.303 e. The number of carboxylic acid groups (broad SMARTS) is 1. The Hall–Kier alpha value is -2.12. The zero-order valence-electron chi connectivity index (χ0n) is 19.0. The lowest BCUT2D eigenvalue weighted by molar-refractivity contribution is -0.140. The van der Waals surface area contributed by atoms with Crippen molar-refractivity contribution in [2.75, 3.05) is 63.9 Å². The molecular formula is C25H37N3O4. The highest BCUT2D eigenvalue weighted by Crippen LogP contribution is 2.35. The van der Waals surface area contributed by atoms with Crippen molar-refractivity contribution in [3.63, 3.8) is 0 Å². The number of amides is 1. The molecule has 3 aliphatic rings. The van der Waals surface area contributed by atoms with E-state index in [1.165, 1.54) is 5.69 Å². The van der Waals surface area contributed by atoms with Gasteiger partial charge in [-0.2, -0.15) is 0 Å². The number of benzene rings is 1. The number of carbonyl (C=O) groups is 2. The second-order valence-corrected chi connectivity index (χ2v) is 9.53. The van der Waals surface area contributed by atoms with E-state index in [4.69, 9.17) is 4.74 Å². The van der Waals surface area contributed by atoms with E-state index < -0.39 is 5.97 Å². The van der Waals surface area contributed by atoms with Gasteiger partial charge in [0, 0.05) is 63.8 Å². The third-order valence-corrected chi connectivity index (χ3v) is 7.25. The van der Waals surface area contributed by atoms with Gasteiger partial charge in [-0.25, -0.2) is 0 Å². The zero-order valence-corrected chi connectivity index (χ0v) is 19.0. The molecule has 0 unspecified atom stereocenters. The molecule has 0 spiro atoms. The number of nitrogens with zero attached hydrogens (tertiary/aromatic N) is 3. The van der Waals surface area contributed by atoms with Crippen LogP contribution < -0.4 is 4.90 Å². The van der Waals surface area contributed by atoms with Crippen LogP contribution in [0.25, 0.3) is 0 Å². The van der Waals surface area contributed by atoms with Gasteiger partial charge >= 0.3 is 5.97 Å². The molecule has 0 aromatic heterocycles. The molecule has 7 heteroatoms. The molecule has 4 rings (SSSR count). The van der Waals surface area contributed by atoms with E-state index in [0.29, 0.717) is 13.1 Å². The first-order valence-corrected chi connectivity index (χ1v) is 12.2. The molecular weight excluding hydrogens is 406 g/mol. The van der Waals surface area contributed by atoms with E-state index in [2.05, 4.69) is 34.1 Å². The lowest BCUT2D eigenvalue weighted by atomic mass is 9.81. The summed E-state index contributed by atoms with van der Waals surface area (Å²) in [5.41, 5.74) is 1.21. The molecule has 1 saturated carbocycles. The first-order valence-electron chi connectivity index (χ1n) is 12.2. The number of rotatable bonds is 10. The molecule has 0 bridgehead atoms. The summed E-state index contributed by atoms with van der Waals surface area (Å²) in [4.78, 5) is 31.0. The van der Waals surface area contributed by atoms with Crippen molar-refractivity contribution in [2.24, 2.45) is 17.8 Å². The van der Waals surface area contributed by atoms with Crippen molar-refractivity contribution in [1.29, 1.82) is 0 Å². The predicted molar refractivity (Wildman–Crippen MR) is 124 cm³/mol. The number of hydrogen-bond acceptors (Lipinski definition) is 5. The van der Waals surface area contributed by atoms with Crippen LogP contribution in [0.15, 0.2) is 30.3 Å². The van der Waals surface area contributed by atoms with Gasteiger partial charge in [0.15, 0.2) is 0 Å². The van der Waals surface area contributed by atoms with Gasteiger partial charge in [0.25, 0.3) is 0 Å². The topological polar surface area (TPSA) is 73.3 Å². The van der Waals surface area contributed by atoms with Crippen molar-refractivity contribution in [3.8, 4) is 0 Å². The van der Waals surface area contributed by atoms with Crippen LogP contribution in [-0.4, -0.2) is 85.8 Å². The number of morpholine rings is 1. The summed E-state index contributed by atoms with van der Waals surface area (Å²) < 4.78 is 5.48. The summed E-state index contributed by atoms with van der Waals surface area (Å²) >= 11 is 0. The molecule has 2 atom stereocenters.